The molecule has 1 aromatic heterocycles. The van der Waals surface area contributed by atoms with Gasteiger partial charge in [-0.05, 0) is 34.9 Å². The number of likely N-dealkylation sites (tertiary alicyclic amines) is 1. The summed E-state index contributed by atoms with van der Waals surface area (Å²) < 4.78 is 11.7. The summed E-state index contributed by atoms with van der Waals surface area (Å²) in [5, 5.41) is 0. The molecule has 0 unspecified atom stereocenters. The minimum Gasteiger partial charge on any atom is -0.497 e. The first kappa shape index (κ1) is 21.6. The molecular weight excluding hydrogens is 414 g/mol. The minimum absolute atomic E-state index is 0.0729. The summed E-state index contributed by atoms with van der Waals surface area (Å²) in [5.41, 5.74) is 2.46. The van der Waals surface area contributed by atoms with Crippen molar-refractivity contribution in [2.24, 2.45) is 0 Å². The molecule has 5 rings (SSSR count). The van der Waals surface area contributed by atoms with Crippen molar-refractivity contribution in [3.63, 3.8) is 0 Å². The van der Waals surface area contributed by atoms with Gasteiger partial charge in [0.1, 0.15) is 5.75 Å². The van der Waals surface area contributed by atoms with Gasteiger partial charge in [0, 0.05) is 51.0 Å². The molecule has 2 fully saturated rings. The van der Waals surface area contributed by atoms with E-state index in [1.165, 1.54) is 5.56 Å². The second-order valence-corrected chi connectivity index (χ2v) is 8.81. The van der Waals surface area contributed by atoms with Gasteiger partial charge in [-0.25, -0.2) is 0 Å². The summed E-state index contributed by atoms with van der Waals surface area (Å²) in [6.07, 6.45) is 3.64. The van der Waals surface area contributed by atoms with Gasteiger partial charge in [0.05, 0.1) is 13.7 Å². The summed E-state index contributed by atoms with van der Waals surface area (Å²) in [5.74, 6) is 0.839. The van der Waals surface area contributed by atoms with Crippen LogP contribution in [0.3, 0.4) is 0 Å². The highest BCUT2D eigenvalue weighted by Crippen LogP contribution is 2.42. The monoisotopic (exact) mass is 443 g/mol. The van der Waals surface area contributed by atoms with Gasteiger partial charge in [0.25, 0.3) is 5.91 Å². The van der Waals surface area contributed by atoms with Crippen molar-refractivity contribution in [2.75, 3.05) is 33.4 Å². The highest BCUT2D eigenvalue weighted by atomic mass is 16.5. The predicted octanol–water partition coefficient (Wildman–Crippen LogP) is 3.49. The van der Waals surface area contributed by atoms with E-state index < -0.39 is 5.60 Å². The van der Waals surface area contributed by atoms with Gasteiger partial charge >= 0.3 is 0 Å². The van der Waals surface area contributed by atoms with Gasteiger partial charge < -0.3 is 14.4 Å². The van der Waals surface area contributed by atoms with Crippen molar-refractivity contribution in [3.8, 4) is 5.75 Å². The number of nitrogens with zero attached hydrogens (tertiary/aromatic N) is 3. The summed E-state index contributed by atoms with van der Waals surface area (Å²) in [7, 11) is 1.67. The molecule has 1 spiro atoms. The average molecular weight is 444 g/mol. The van der Waals surface area contributed by atoms with Gasteiger partial charge in [-0.15, -0.1) is 0 Å². The Morgan fingerprint density at radius 1 is 1.03 bits per heavy atom. The molecule has 170 valence electrons. The zero-order valence-electron chi connectivity index (χ0n) is 18.9. The van der Waals surface area contributed by atoms with E-state index in [-0.39, 0.29) is 11.8 Å². The maximum atomic E-state index is 14.0. The molecular formula is C27H29N3O3. The molecule has 2 aliphatic heterocycles. The summed E-state index contributed by atoms with van der Waals surface area (Å²) in [6, 6.07) is 22.3. The second kappa shape index (κ2) is 9.33. The van der Waals surface area contributed by atoms with Crippen molar-refractivity contribution in [2.45, 2.75) is 24.6 Å². The van der Waals surface area contributed by atoms with Crippen LogP contribution >= 0.6 is 0 Å². The quantitative estimate of drug-likeness (QED) is 0.584. The van der Waals surface area contributed by atoms with Crippen LogP contribution in [-0.2, 0) is 22.6 Å². The molecule has 0 saturated carbocycles. The van der Waals surface area contributed by atoms with E-state index >= 15 is 0 Å². The number of benzene rings is 2. The van der Waals surface area contributed by atoms with Crippen molar-refractivity contribution in [1.29, 1.82) is 0 Å². The molecule has 0 radical (unpaired) electrons. The molecule has 1 amide bonds. The normalized spacial score (nSPS) is 23.2. The van der Waals surface area contributed by atoms with Crippen LogP contribution < -0.4 is 4.74 Å². The number of pyridine rings is 1. The number of hydrogen-bond donors (Lipinski definition) is 0. The van der Waals surface area contributed by atoms with Crippen LogP contribution in [0.2, 0.25) is 0 Å². The molecule has 0 bridgehead atoms. The maximum absolute atomic E-state index is 14.0. The van der Waals surface area contributed by atoms with E-state index in [0.29, 0.717) is 26.2 Å². The third kappa shape index (κ3) is 4.36. The van der Waals surface area contributed by atoms with Gasteiger partial charge in [0.2, 0.25) is 0 Å². The molecule has 3 aromatic rings. The first-order valence-corrected chi connectivity index (χ1v) is 11.4. The topological polar surface area (TPSA) is 54.9 Å². The van der Waals surface area contributed by atoms with Crippen LogP contribution in [0.1, 0.15) is 22.6 Å². The fraction of sp³-hybridized carbons (Fsp3) is 0.333. The smallest absolute Gasteiger partial charge is 0.257 e. The molecule has 2 aromatic carbocycles. The number of aromatic nitrogens is 1. The Hall–Kier alpha value is -3.22. The fourth-order valence-electron chi connectivity index (χ4n) is 5.07. The lowest BCUT2D eigenvalue weighted by Crippen LogP contribution is -2.59. The highest BCUT2D eigenvalue weighted by molar-refractivity contribution is 5.88. The van der Waals surface area contributed by atoms with Crippen molar-refractivity contribution < 1.29 is 14.3 Å². The van der Waals surface area contributed by atoms with Crippen LogP contribution in [0.4, 0.5) is 0 Å². The third-order valence-electron chi connectivity index (χ3n) is 6.70. The fourth-order valence-corrected chi connectivity index (χ4v) is 5.07. The zero-order valence-corrected chi connectivity index (χ0v) is 18.9. The molecule has 3 heterocycles. The van der Waals surface area contributed by atoms with Crippen LogP contribution in [0.15, 0.2) is 79.1 Å². The van der Waals surface area contributed by atoms with E-state index in [4.69, 9.17) is 9.47 Å². The van der Waals surface area contributed by atoms with Gasteiger partial charge in [0.15, 0.2) is 5.60 Å². The summed E-state index contributed by atoms with van der Waals surface area (Å²) in [4.78, 5) is 22.6. The number of hydrogen-bond acceptors (Lipinski definition) is 5. The van der Waals surface area contributed by atoms with Crippen molar-refractivity contribution in [3.05, 3.63) is 95.8 Å². The molecule has 6 heteroatoms. The lowest BCUT2D eigenvalue weighted by molar-refractivity contribution is -0.173. The lowest BCUT2D eigenvalue weighted by atomic mass is 9.83. The molecule has 6 nitrogen and oxygen atoms in total. The first-order chi connectivity index (χ1) is 16.2. The number of carbonyl (C=O) groups is 1. The number of ether oxygens (including phenoxy) is 2. The largest absolute Gasteiger partial charge is 0.497 e. The number of rotatable bonds is 6. The predicted molar refractivity (Wildman–Crippen MR) is 126 cm³/mol. The van der Waals surface area contributed by atoms with E-state index in [1.54, 1.807) is 13.3 Å². The van der Waals surface area contributed by atoms with Crippen LogP contribution in [0, 0.1) is 0 Å². The van der Waals surface area contributed by atoms with Gasteiger partial charge in [-0.1, -0.05) is 48.5 Å². The molecule has 0 aliphatic carbocycles. The van der Waals surface area contributed by atoms with Crippen molar-refractivity contribution in [1.82, 2.24) is 14.8 Å². The maximum Gasteiger partial charge on any atom is 0.257 e. The molecule has 2 atom stereocenters. The Balaban J connectivity index is 1.42. The SMILES string of the molecule is COc1ccc(CN2C[C@H](c3cccnc3)[C@@]3(C2)OCCN(Cc2ccccc2)C3=O)cc1. The second-order valence-electron chi connectivity index (χ2n) is 8.81. The zero-order chi connectivity index (χ0) is 22.7. The van der Waals surface area contributed by atoms with Crippen molar-refractivity contribution >= 4 is 5.91 Å². The molecule has 33 heavy (non-hydrogen) atoms. The van der Waals surface area contributed by atoms with E-state index in [0.717, 1.165) is 30.0 Å². The van der Waals surface area contributed by atoms with Crippen LogP contribution in [-0.4, -0.2) is 59.6 Å². The van der Waals surface area contributed by atoms with Gasteiger partial charge in [-0.3, -0.25) is 14.7 Å². The highest BCUT2D eigenvalue weighted by Gasteiger charge is 2.56. The number of carbonyl (C=O) groups excluding carboxylic acids is 1. The summed E-state index contributed by atoms with van der Waals surface area (Å²) in [6.45, 7) is 3.78. The Bertz CT molecular complexity index is 1070. The van der Waals surface area contributed by atoms with E-state index in [1.807, 2.05) is 47.5 Å². The average Bonchev–Trinajstić information content (AvgIpc) is 3.22. The Morgan fingerprint density at radius 2 is 1.82 bits per heavy atom. The van der Waals surface area contributed by atoms with Crippen LogP contribution in [0.5, 0.6) is 5.75 Å². The molecule has 0 N–H and O–H groups in total. The van der Waals surface area contributed by atoms with Crippen LogP contribution in [0.25, 0.3) is 0 Å². The third-order valence-corrected chi connectivity index (χ3v) is 6.70. The van der Waals surface area contributed by atoms with Gasteiger partial charge in [-0.2, -0.15) is 0 Å². The number of amides is 1. The minimum atomic E-state index is -0.900. The Labute approximate surface area is 194 Å². The number of morpholine rings is 1. The Kier molecular flexibility index (Phi) is 6.11. The number of methoxy groups -OCH3 is 1. The lowest BCUT2D eigenvalue weighted by Gasteiger charge is -2.42. The Morgan fingerprint density at radius 3 is 2.55 bits per heavy atom. The first-order valence-electron chi connectivity index (χ1n) is 11.4. The van der Waals surface area contributed by atoms with E-state index in [2.05, 4.69) is 40.2 Å². The molecule has 2 saturated heterocycles. The summed E-state index contributed by atoms with van der Waals surface area (Å²) >= 11 is 0. The standard InChI is InChI=1S/C27H29N3O3/c1-32-24-11-9-22(10-12-24)17-29-19-25(23-8-5-13-28-16-23)27(20-29)26(31)30(14-15-33-27)18-21-6-3-2-4-7-21/h2-13,16,25H,14-15,17-20H2,1H3/t25-,27-/m1/s1. The van der Waals surface area contributed by atoms with E-state index in [9.17, 15) is 4.79 Å². The molecule has 2 aliphatic rings.